The summed E-state index contributed by atoms with van der Waals surface area (Å²) in [5.74, 6) is 6.25. The Labute approximate surface area is 350 Å². The van der Waals surface area contributed by atoms with E-state index in [4.69, 9.17) is 9.47 Å². The number of hydrogen-bond donors (Lipinski definition) is 0. The van der Waals surface area contributed by atoms with Crippen molar-refractivity contribution in [3.05, 3.63) is 36.0 Å². The number of allylic oxidation sites excluding steroid dienone is 5. The van der Waals surface area contributed by atoms with Crippen LogP contribution in [0.3, 0.4) is 0 Å². The molecule has 0 spiro atoms. The van der Waals surface area contributed by atoms with Crippen LogP contribution in [0.5, 0.6) is 0 Å². The SMILES string of the molecule is CCCCC/C=C\C/C=C\CCCCCCCCOCC(CC)CCCCCO[C@H]1CC[C@@]2(C)C(=CCC3C4CCC(C(C)CCCC(C)C)[C@@]4(C)CCC32)C1. The van der Waals surface area contributed by atoms with Crippen molar-refractivity contribution in [2.75, 3.05) is 19.8 Å². The first-order valence-electron chi connectivity index (χ1n) is 25.4. The minimum atomic E-state index is 0.435. The van der Waals surface area contributed by atoms with Crippen LogP contribution in [0.25, 0.3) is 0 Å². The van der Waals surface area contributed by atoms with E-state index in [0.29, 0.717) is 16.9 Å². The van der Waals surface area contributed by atoms with E-state index >= 15 is 0 Å². The van der Waals surface area contributed by atoms with Crippen molar-refractivity contribution in [1.82, 2.24) is 0 Å². The Morgan fingerprint density at radius 3 is 2.16 bits per heavy atom. The highest BCUT2D eigenvalue weighted by Gasteiger charge is 2.59. The molecule has 0 aromatic carbocycles. The molecule has 0 aromatic heterocycles. The van der Waals surface area contributed by atoms with E-state index in [1.54, 1.807) is 5.57 Å². The molecule has 9 atom stereocenters. The van der Waals surface area contributed by atoms with Gasteiger partial charge in [-0.05, 0) is 155 Å². The van der Waals surface area contributed by atoms with Gasteiger partial charge in [-0.3, -0.25) is 0 Å². The van der Waals surface area contributed by atoms with E-state index in [2.05, 4.69) is 78.8 Å². The van der Waals surface area contributed by atoms with Gasteiger partial charge >= 0.3 is 0 Å². The summed E-state index contributed by atoms with van der Waals surface area (Å²) in [5, 5.41) is 0. The Hall–Kier alpha value is -0.860. The van der Waals surface area contributed by atoms with Crippen molar-refractivity contribution in [2.45, 2.75) is 234 Å². The van der Waals surface area contributed by atoms with Gasteiger partial charge in [0.25, 0.3) is 0 Å². The fraction of sp³-hybridized carbons (Fsp3) is 0.889. The lowest BCUT2D eigenvalue weighted by molar-refractivity contribution is -0.0641. The smallest absolute Gasteiger partial charge is 0.0612 e. The summed E-state index contributed by atoms with van der Waals surface area (Å²) in [4.78, 5) is 0. The summed E-state index contributed by atoms with van der Waals surface area (Å²) in [6.45, 7) is 20.3. The van der Waals surface area contributed by atoms with Crippen LogP contribution in [0.2, 0.25) is 0 Å². The van der Waals surface area contributed by atoms with Crippen LogP contribution in [0.4, 0.5) is 0 Å². The standard InChI is InChI=1S/C54H96O2/c1-8-10-11-12-13-14-15-16-17-18-19-20-21-22-23-26-40-55-43-46(9-2)31-25-24-27-41-56-48-36-38-53(6)47(42-48)32-33-49-51-35-34-50(45(5)30-28-29-44(3)4)54(51,7)39-37-52(49)53/h13-14,16-17,32,44-46,48-52H,8-12,15,18-31,33-43H2,1-7H3/b14-13-,17-16-/t45?,46?,48-,49?,50?,51?,52?,53-,54+/m0/s1. The maximum atomic E-state index is 6.62. The van der Waals surface area contributed by atoms with Gasteiger partial charge in [0.1, 0.15) is 0 Å². The van der Waals surface area contributed by atoms with Gasteiger partial charge in [0.05, 0.1) is 6.10 Å². The van der Waals surface area contributed by atoms with Crippen molar-refractivity contribution < 1.29 is 9.47 Å². The number of ether oxygens (including phenoxy) is 2. The largest absolute Gasteiger partial charge is 0.381 e. The van der Waals surface area contributed by atoms with Gasteiger partial charge < -0.3 is 9.47 Å². The first-order valence-corrected chi connectivity index (χ1v) is 25.4. The Balaban J connectivity index is 1.00. The lowest BCUT2D eigenvalue weighted by Gasteiger charge is -2.58. The average molecular weight is 777 g/mol. The Morgan fingerprint density at radius 2 is 1.41 bits per heavy atom. The molecule has 0 aliphatic heterocycles. The zero-order valence-corrected chi connectivity index (χ0v) is 38.7. The zero-order valence-electron chi connectivity index (χ0n) is 38.7. The summed E-state index contributed by atoms with van der Waals surface area (Å²) >= 11 is 0. The monoisotopic (exact) mass is 777 g/mol. The number of hydrogen-bond acceptors (Lipinski definition) is 2. The fourth-order valence-electron chi connectivity index (χ4n) is 12.6. The maximum Gasteiger partial charge on any atom is 0.0612 e. The van der Waals surface area contributed by atoms with Gasteiger partial charge in [0, 0.05) is 19.8 Å². The summed E-state index contributed by atoms with van der Waals surface area (Å²) in [5.41, 5.74) is 2.81. The topological polar surface area (TPSA) is 18.5 Å². The van der Waals surface area contributed by atoms with E-state index in [1.807, 2.05) is 0 Å². The van der Waals surface area contributed by atoms with E-state index < -0.39 is 0 Å². The minimum Gasteiger partial charge on any atom is -0.381 e. The zero-order chi connectivity index (χ0) is 40.1. The quantitative estimate of drug-likeness (QED) is 0.0534. The molecule has 4 rings (SSSR count). The molecule has 2 nitrogen and oxygen atoms in total. The molecule has 0 heterocycles. The molecule has 0 bridgehead atoms. The van der Waals surface area contributed by atoms with E-state index in [0.717, 1.165) is 67.7 Å². The second-order valence-corrected chi connectivity index (χ2v) is 20.8. The Morgan fingerprint density at radius 1 is 0.696 bits per heavy atom. The molecule has 0 amide bonds. The lowest BCUT2D eigenvalue weighted by Crippen LogP contribution is -2.51. The summed E-state index contributed by atoms with van der Waals surface area (Å²) in [6, 6.07) is 0. The molecular weight excluding hydrogens is 681 g/mol. The summed E-state index contributed by atoms with van der Waals surface area (Å²) in [6.07, 6.45) is 50.2. The molecule has 4 aliphatic carbocycles. The molecule has 0 N–H and O–H groups in total. The van der Waals surface area contributed by atoms with Crippen molar-refractivity contribution >= 4 is 0 Å². The summed E-state index contributed by atoms with van der Waals surface area (Å²) < 4.78 is 12.8. The number of rotatable bonds is 30. The third kappa shape index (κ3) is 15.0. The van der Waals surface area contributed by atoms with Gasteiger partial charge in [0.2, 0.25) is 0 Å². The van der Waals surface area contributed by atoms with Gasteiger partial charge in [-0.1, -0.05) is 161 Å². The van der Waals surface area contributed by atoms with Crippen LogP contribution in [-0.4, -0.2) is 25.9 Å². The maximum absolute atomic E-state index is 6.62. The molecule has 0 aromatic rings. The molecule has 0 radical (unpaired) electrons. The van der Waals surface area contributed by atoms with Crippen LogP contribution < -0.4 is 0 Å². The van der Waals surface area contributed by atoms with Crippen LogP contribution in [-0.2, 0) is 9.47 Å². The molecule has 4 aliphatic rings. The van der Waals surface area contributed by atoms with Gasteiger partial charge in [0.15, 0.2) is 0 Å². The van der Waals surface area contributed by atoms with Crippen molar-refractivity contribution in [1.29, 1.82) is 0 Å². The minimum absolute atomic E-state index is 0.435. The van der Waals surface area contributed by atoms with Crippen molar-refractivity contribution in [3.8, 4) is 0 Å². The third-order valence-electron chi connectivity index (χ3n) is 16.3. The van der Waals surface area contributed by atoms with Gasteiger partial charge in [-0.15, -0.1) is 0 Å². The molecule has 0 saturated heterocycles. The molecular formula is C54H96O2. The van der Waals surface area contributed by atoms with Crippen LogP contribution in [0, 0.1) is 52.3 Å². The lowest BCUT2D eigenvalue weighted by atomic mass is 9.47. The van der Waals surface area contributed by atoms with E-state index in [9.17, 15) is 0 Å². The fourth-order valence-corrected chi connectivity index (χ4v) is 12.6. The molecule has 56 heavy (non-hydrogen) atoms. The van der Waals surface area contributed by atoms with E-state index in [-0.39, 0.29) is 0 Å². The predicted octanol–water partition coefficient (Wildman–Crippen LogP) is 16.8. The highest BCUT2D eigenvalue weighted by molar-refractivity contribution is 5.25. The van der Waals surface area contributed by atoms with Gasteiger partial charge in [-0.2, -0.15) is 0 Å². The Kier molecular flexibility index (Phi) is 22.5. The highest BCUT2D eigenvalue weighted by atomic mass is 16.5. The third-order valence-corrected chi connectivity index (χ3v) is 16.3. The van der Waals surface area contributed by atoms with Gasteiger partial charge in [-0.25, -0.2) is 0 Å². The summed E-state index contributed by atoms with van der Waals surface area (Å²) in [7, 11) is 0. The number of unbranched alkanes of at least 4 members (excludes halogenated alkanes) is 11. The van der Waals surface area contributed by atoms with E-state index in [1.165, 1.54) is 173 Å². The normalized spacial score (nSPS) is 30.1. The molecule has 6 unspecified atom stereocenters. The first kappa shape index (κ1) is 47.8. The molecule has 324 valence electrons. The highest BCUT2D eigenvalue weighted by Crippen LogP contribution is 2.67. The van der Waals surface area contributed by atoms with Crippen molar-refractivity contribution in [3.63, 3.8) is 0 Å². The van der Waals surface area contributed by atoms with Crippen molar-refractivity contribution in [2.24, 2.45) is 52.3 Å². The number of fused-ring (bicyclic) bond motifs is 5. The van der Waals surface area contributed by atoms with Crippen LogP contribution in [0.1, 0.15) is 228 Å². The second-order valence-electron chi connectivity index (χ2n) is 20.8. The molecule has 3 fully saturated rings. The predicted molar refractivity (Wildman–Crippen MR) is 245 cm³/mol. The molecule has 3 saturated carbocycles. The van der Waals surface area contributed by atoms with Crippen LogP contribution in [0.15, 0.2) is 36.0 Å². The second kappa shape index (κ2) is 26.4. The first-order chi connectivity index (χ1) is 27.2. The van der Waals surface area contributed by atoms with Crippen LogP contribution >= 0.6 is 0 Å². The Bertz CT molecular complexity index is 1120. The molecule has 2 heteroatoms. The average Bonchev–Trinajstić information content (AvgIpc) is 3.55.